The van der Waals surface area contributed by atoms with Crippen molar-refractivity contribution in [2.24, 2.45) is 5.10 Å². The van der Waals surface area contributed by atoms with Crippen LogP contribution >= 0.6 is 0 Å². The Hall–Kier alpha value is -3.81. The third kappa shape index (κ3) is 2.95. The Morgan fingerprint density at radius 2 is 1.96 bits per heavy atom. The molecule has 0 saturated heterocycles. The molecule has 8 heteroatoms. The fourth-order valence-corrected chi connectivity index (χ4v) is 2.56. The van der Waals surface area contributed by atoms with Crippen molar-refractivity contribution < 1.29 is 9.53 Å². The predicted octanol–water partition coefficient (Wildman–Crippen LogP) is 2.74. The van der Waals surface area contributed by atoms with Crippen molar-refractivity contribution in [2.45, 2.75) is 0 Å². The molecule has 0 amide bonds. The Balaban J connectivity index is 1.51. The maximum Gasteiger partial charge on any atom is 0.337 e. The molecule has 0 saturated carbocycles. The summed E-state index contributed by atoms with van der Waals surface area (Å²) >= 11 is 0. The number of hydrogen-bond donors (Lipinski definition) is 2. The van der Waals surface area contributed by atoms with Crippen LogP contribution in [0.25, 0.3) is 22.1 Å². The maximum atomic E-state index is 11.4. The molecule has 2 N–H and O–H groups in total. The number of esters is 1. The number of carbonyl (C=O) groups is 1. The third-order valence-corrected chi connectivity index (χ3v) is 3.83. The first-order valence-corrected chi connectivity index (χ1v) is 7.83. The number of benzene rings is 2. The number of anilines is 1. The normalized spacial score (nSPS) is 11.3. The van der Waals surface area contributed by atoms with Gasteiger partial charge in [-0.1, -0.05) is 30.3 Å². The number of rotatable bonds is 4. The molecule has 2 heterocycles. The highest BCUT2D eigenvalue weighted by atomic mass is 16.5. The lowest BCUT2D eigenvalue weighted by atomic mass is 10.1. The molecule has 0 aliphatic carbocycles. The second kappa shape index (κ2) is 6.60. The van der Waals surface area contributed by atoms with E-state index in [1.54, 1.807) is 30.5 Å². The summed E-state index contributed by atoms with van der Waals surface area (Å²) in [6, 6.07) is 14.7. The molecule has 0 radical (unpaired) electrons. The number of hydrazone groups is 1. The van der Waals surface area contributed by atoms with Gasteiger partial charge in [0, 0.05) is 10.9 Å². The Morgan fingerprint density at radius 1 is 1.15 bits per heavy atom. The first-order chi connectivity index (χ1) is 12.7. The fraction of sp³-hybridized carbons (Fsp3) is 0.0556. The Morgan fingerprint density at radius 3 is 2.77 bits per heavy atom. The number of hydrogen-bond acceptors (Lipinski definition) is 7. The summed E-state index contributed by atoms with van der Waals surface area (Å²) in [6.07, 6.45) is 1.60. The Labute approximate surface area is 147 Å². The highest BCUT2D eigenvalue weighted by Crippen LogP contribution is 2.21. The number of aromatic nitrogens is 4. The van der Waals surface area contributed by atoms with E-state index in [-0.39, 0.29) is 11.9 Å². The van der Waals surface area contributed by atoms with Crippen LogP contribution in [-0.4, -0.2) is 39.5 Å². The Kier molecular flexibility index (Phi) is 3.98. The smallest absolute Gasteiger partial charge is 0.337 e. The van der Waals surface area contributed by atoms with Crippen LogP contribution in [0.5, 0.6) is 0 Å². The number of H-pyrrole nitrogens is 1. The van der Waals surface area contributed by atoms with Crippen LogP contribution in [0.2, 0.25) is 0 Å². The molecular formula is C18H14N6O2. The Bertz CT molecular complexity index is 1120. The lowest BCUT2D eigenvalue weighted by Crippen LogP contribution is -2.01. The molecule has 4 rings (SSSR count). The van der Waals surface area contributed by atoms with E-state index in [0.717, 1.165) is 16.5 Å². The number of ether oxygens (including phenoxy) is 1. The standard InChI is InChI=1S/C18H14N6O2/c1-26-17(25)12-8-6-11(7-9-12)10-19-23-18-21-16-15(22-24-18)13-4-2-3-5-14(13)20-16/h2-10H,1H3,(H2,20,21,23,24)/b19-10+. The lowest BCUT2D eigenvalue weighted by molar-refractivity contribution is 0.0600. The molecule has 0 bridgehead atoms. The van der Waals surface area contributed by atoms with E-state index in [4.69, 9.17) is 0 Å². The highest BCUT2D eigenvalue weighted by Gasteiger charge is 2.08. The molecular weight excluding hydrogens is 332 g/mol. The van der Waals surface area contributed by atoms with Crippen molar-refractivity contribution in [3.8, 4) is 0 Å². The molecule has 0 aliphatic rings. The van der Waals surface area contributed by atoms with Crippen LogP contribution in [0.4, 0.5) is 5.95 Å². The van der Waals surface area contributed by atoms with Gasteiger partial charge in [-0.2, -0.15) is 10.1 Å². The van der Waals surface area contributed by atoms with Crippen molar-refractivity contribution in [1.29, 1.82) is 0 Å². The van der Waals surface area contributed by atoms with Crippen molar-refractivity contribution in [2.75, 3.05) is 12.5 Å². The zero-order valence-corrected chi connectivity index (χ0v) is 13.8. The van der Waals surface area contributed by atoms with Gasteiger partial charge in [0.2, 0.25) is 0 Å². The van der Waals surface area contributed by atoms with Gasteiger partial charge in [-0.05, 0) is 23.8 Å². The average Bonchev–Trinajstić information content (AvgIpc) is 3.05. The van der Waals surface area contributed by atoms with Gasteiger partial charge in [0.15, 0.2) is 5.65 Å². The monoisotopic (exact) mass is 346 g/mol. The van der Waals surface area contributed by atoms with Crippen LogP contribution in [-0.2, 0) is 4.74 Å². The van der Waals surface area contributed by atoms with E-state index in [1.807, 2.05) is 24.3 Å². The number of carbonyl (C=O) groups excluding carboxylic acids is 1. The molecule has 0 aliphatic heterocycles. The lowest BCUT2D eigenvalue weighted by Gasteiger charge is -1.99. The molecule has 128 valence electrons. The van der Waals surface area contributed by atoms with Crippen molar-refractivity contribution in [3.05, 3.63) is 59.7 Å². The number of aromatic amines is 1. The van der Waals surface area contributed by atoms with Crippen LogP contribution in [0.3, 0.4) is 0 Å². The summed E-state index contributed by atoms with van der Waals surface area (Å²) in [5.74, 6) is -0.0933. The van der Waals surface area contributed by atoms with E-state index in [2.05, 4.69) is 35.4 Å². The van der Waals surface area contributed by atoms with Crippen LogP contribution < -0.4 is 5.43 Å². The summed E-state index contributed by atoms with van der Waals surface area (Å²) in [7, 11) is 1.35. The molecule has 0 fully saturated rings. The number of para-hydroxylation sites is 1. The minimum atomic E-state index is -0.377. The van der Waals surface area contributed by atoms with Crippen molar-refractivity contribution >= 4 is 40.2 Å². The summed E-state index contributed by atoms with van der Waals surface area (Å²) < 4.78 is 4.66. The first kappa shape index (κ1) is 15.7. The summed E-state index contributed by atoms with van der Waals surface area (Å²) in [4.78, 5) is 19.0. The van der Waals surface area contributed by atoms with Gasteiger partial charge < -0.3 is 9.72 Å². The molecule has 0 atom stereocenters. The molecule has 8 nitrogen and oxygen atoms in total. The topological polar surface area (TPSA) is 105 Å². The molecule has 26 heavy (non-hydrogen) atoms. The summed E-state index contributed by atoms with van der Waals surface area (Å²) in [5, 5.41) is 13.3. The SMILES string of the molecule is COC(=O)c1ccc(/C=N/Nc2nnc3c(n2)[nH]c2ccccc23)cc1. The van der Waals surface area contributed by atoms with E-state index in [9.17, 15) is 4.79 Å². The first-order valence-electron chi connectivity index (χ1n) is 7.83. The average molecular weight is 346 g/mol. The van der Waals surface area contributed by atoms with E-state index in [1.165, 1.54) is 7.11 Å². The molecule has 4 aromatic rings. The zero-order chi connectivity index (χ0) is 17.9. The van der Waals surface area contributed by atoms with Gasteiger partial charge in [0.25, 0.3) is 5.95 Å². The van der Waals surface area contributed by atoms with E-state index < -0.39 is 0 Å². The number of methoxy groups -OCH3 is 1. The van der Waals surface area contributed by atoms with Crippen molar-refractivity contribution in [3.63, 3.8) is 0 Å². The predicted molar refractivity (Wildman–Crippen MR) is 98.2 cm³/mol. The van der Waals surface area contributed by atoms with Gasteiger partial charge >= 0.3 is 5.97 Å². The quantitative estimate of drug-likeness (QED) is 0.334. The van der Waals surface area contributed by atoms with Gasteiger partial charge in [0.05, 0.1) is 18.9 Å². The largest absolute Gasteiger partial charge is 0.465 e. The minimum absolute atomic E-state index is 0.284. The van der Waals surface area contributed by atoms with Gasteiger partial charge in [-0.15, -0.1) is 10.2 Å². The number of nitrogens with one attached hydrogen (secondary N) is 2. The fourth-order valence-electron chi connectivity index (χ4n) is 2.56. The van der Waals surface area contributed by atoms with E-state index >= 15 is 0 Å². The minimum Gasteiger partial charge on any atom is -0.465 e. The second-order valence-electron chi connectivity index (χ2n) is 5.49. The van der Waals surface area contributed by atoms with Crippen LogP contribution in [0.1, 0.15) is 15.9 Å². The van der Waals surface area contributed by atoms with Gasteiger partial charge in [-0.25, -0.2) is 10.2 Å². The molecule has 2 aromatic carbocycles. The van der Waals surface area contributed by atoms with Gasteiger partial charge in [0.1, 0.15) is 5.52 Å². The van der Waals surface area contributed by atoms with Crippen LogP contribution in [0, 0.1) is 0 Å². The third-order valence-electron chi connectivity index (χ3n) is 3.83. The molecule has 0 unspecified atom stereocenters. The van der Waals surface area contributed by atoms with E-state index in [0.29, 0.717) is 16.7 Å². The zero-order valence-electron chi connectivity index (χ0n) is 13.8. The number of nitrogens with zero attached hydrogens (tertiary/aromatic N) is 4. The summed E-state index contributed by atoms with van der Waals surface area (Å²) in [6.45, 7) is 0. The maximum absolute atomic E-state index is 11.4. The molecule has 0 spiro atoms. The highest BCUT2D eigenvalue weighted by molar-refractivity contribution is 6.03. The molecule has 2 aromatic heterocycles. The van der Waals surface area contributed by atoms with Gasteiger partial charge in [-0.3, -0.25) is 0 Å². The number of fused-ring (bicyclic) bond motifs is 3. The second-order valence-corrected chi connectivity index (χ2v) is 5.49. The van der Waals surface area contributed by atoms with Crippen molar-refractivity contribution in [1.82, 2.24) is 20.2 Å². The summed E-state index contributed by atoms with van der Waals surface area (Å²) in [5.41, 5.74) is 6.35. The van der Waals surface area contributed by atoms with Crippen LogP contribution in [0.15, 0.2) is 53.6 Å².